The third-order valence-electron chi connectivity index (χ3n) is 3.68. The van der Waals surface area contributed by atoms with Crippen molar-refractivity contribution in [3.63, 3.8) is 0 Å². The number of benzene rings is 1. The van der Waals surface area contributed by atoms with Gasteiger partial charge in [0.2, 0.25) is 0 Å². The summed E-state index contributed by atoms with van der Waals surface area (Å²) in [5, 5.41) is 7.88. The fraction of sp³-hybridized carbons (Fsp3) is 0.438. The van der Waals surface area contributed by atoms with E-state index < -0.39 is 0 Å². The van der Waals surface area contributed by atoms with Crippen LogP contribution in [0.3, 0.4) is 0 Å². The number of nitrogens with one attached hydrogen (secondary N) is 2. The van der Waals surface area contributed by atoms with Gasteiger partial charge in [-0.2, -0.15) is 5.10 Å². The molecule has 2 N–H and O–H groups in total. The monoisotopic (exact) mass is 319 g/mol. The average molecular weight is 319 g/mol. The van der Waals surface area contributed by atoms with Crippen LogP contribution in [0.4, 0.5) is 0 Å². The molecule has 1 aromatic rings. The van der Waals surface area contributed by atoms with Gasteiger partial charge in [-0.3, -0.25) is 5.43 Å². The zero-order valence-electron chi connectivity index (χ0n) is 12.7. The van der Waals surface area contributed by atoms with E-state index >= 15 is 0 Å². The van der Waals surface area contributed by atoms with Gasteiger partial charge in [-0.15, -0.1) is 0 Å². The van der Waals surface area contributed by atoms with Gasteiger partial charge in [-0.05, 0) is 31.1 Å². The lowest BCUT2D eigenvalue weighted by molar-refractivity contribution is 0.0600. The van der Waals surface area contributed by atoms with Gasteiger partial charge in [0.05, 0.1) is 18.9 Å². The Morgan fingerprint density at radius 2 is 2.05 bits per heavy atom. The van der Waals surface area contributed by atoms with E-state index in [1.54, 1.807) is 24.4 Å². The standard InChI is InChI=1S/C16H21N3O2S/c1-21-15(20)14-10-6-5-7-12(14)11-17-19-16(22)18-13-8-3-2-4-9-13/h5-7,10-11,13H,2-4,8-9H2,1H3,(H2,18,19,22)/b17-11+. The maximum atomic E-state index is 11.7. The number of carbonyl (C=O) groups is 1. The molecule has 0 aromatic heterocycles. The highest BCUT2D eigenvalue weighted by Gasteiger charge is 2.13. The molecule has 0 atom stereocenters. The summed E-state index contributed by atoms with van der Waals surface area (Å²) in [5.41, 5.74) is 3.96. The molecular weight excluding hydrogens is 298 g/mol. The Balaban J connectivity index is 1.89. The molecule has 1 aliphatic rings. The number of rotatable bonds is 4. The molecule has 0 radical (unpaired) electrons. The van der Waals surface area contributed by atoms with Gasteiger partial charge in [0.15, 0.2) is 5.11 Å². The third kappa shape index (κ3) is 4.80. The zero-order chi connectivity index (χ0) is 15.8. The number of ether oxygens (including phenoxy) is 1. The smallest absolute Gasteiger partial charge is 0.338 e. The summed E-state index contributed by atoms with van der Waals surface area (Å²) in [6.07, 6.45) is 7.67. The first-order valence-electron chi connectivity index (χ1n) is 7.47. The molecule has 0 spiro atoms. The van der Waals surface area contributed by atoms with Crippen molar-refractivity contribution >= 4 is 29.5 Å². The molecule has 1 fully saturated rings. The molecular formula is C16H21N3O2S. The second-order valence-corrected chi connectivity index (χ2v) is 5.67. The van der Waals surface area contributed by atoms with Crippen molar-refractivity contribution in [2.45, 2.75) is 38.1 Å². The zero-order valence-corrected chi connectivity index (χ0v) is 13.5. The summed E-state index contributed by atoms with van der Waals surface area (Å²) in [5.74, 6) is -0.384. The first-order valence-corrected chi connectivity index (χ1v) is 7.88. The van der Waals surface area contributed by atoms with E-state index in [0.29, 0.717) is 22.3 Å². The molecule has 5 nitrogen and oxygen atoms in total. The van der Waals surface area contributed by atoms with E-state index in [0.717, 1.165) is 12.8 Å². The van der Waals surface area contributed by atoms with Crippen molar-refractivity contribution < 1.29 is 9.53 Å². The van der Waals surface area contributed by atoms with E-state index in [1.807, 2.05) is 6.07 Å². The van der Waals surface area contributed by atoms with Crippen LogP contribution in [0.25, 0.3) is 0 Å². The van der Waals surface area contributed by atoms with E-state index in [9.17, 15) is 4.79 Å². The van der Waals surface area contributed by atoms with Crippen molar-refractivity contribution in [1.82, 2.24) is 10.7 Å². The molecule has 0 amide bonds. The Bertz CT molecular complexity index is 554. The number of hydrazone groups is 1. The first kappa shape index (κ1) is 16.4. The molecule has 0 bridgehead atoms. The molecule has 0 aliphatic heterocycles. The van der Waals surface area contributed by atoms with Crippen LogP contribution in [0.5, 0.6) is 0 Å². The number of carbonyl (C=O) groups excluding carboxylic acids is 1. The van der Waals surface area contributed by atoms with Crippen LogP contribution in [0.15, 0.2) is 29.4 Å². The van der Waals surface area contributed by atoms with Gasteiger partial charge in [0.1, 0.15) is 0 Å². The maximum absolute atomic E-state index is 11.7. The predicted molar refractivity (Wildman–Crippen MR) is 91.1 cm³/mol. The van der Waals surface area contributed by atoms with Gasteiger partial charge in [0.25, 0.3) is 0 Å². The number of methoxy groups -OCH3 is 1. The fourth-order valence-corrected chi connectivity index (χ4v) is 2.75. The second-order valence-electron chi connectivity index (χ2n) is 5.26. The average Bonchev–Trinajstić information content (AvgIpc) is 2.55. The molecule has 0 unspecified atom stereocenters. The Morgan fingerprint density at radius 3 is 2.77 bits per heavy atom. The lowest BCUT2D eigenvalue weighted by Gasteiger charge is -2.23. The first-order chi connectivity index (χ1) is 10.7. The highest BCUT2D eigenvalue weighted by Crippen LogP contribution is 2.17. The lowest BCUT2D eigenvalue weighted by atomic mass is 9.96. The number of hydrogen-bond acceptors (Lipinski definition) is 4. The molecule has 118 valence electrons. The van der Waals surface area contributed by atoms with Crippen LogP contribution in [0, 0.1) is 0 Å². The quantitative estimate of drug-likeness (QED) is 0.386. The lowest BCUT2D eigenvalue weighted by Crippen LogP contribution is -2.40. The van der Waals surface area contributed by atoms with Crippen LogP contribution in [0.2, 0.25) is 0 Å². The normalized spacial score (nSPS) is 15.5. The van der Waals surface area contributed by atoms with Gasteiger partial charge < -0.3 is 10.1 Å². The minimum absolute atomic E-state index is 0.384. The third-order valence-corrected chi connectivity index (χ3v) is 3.89. The van der Waals surface area contributed by atoms with Gasteiger partial charge in [-0.1, -0.05) is 37.5 Å². The minimum atomic E-state index is -0.384. The molecule has 6 heteroatoms. The van der Waals surface area contributed by atoms with Crippen LogP contribution < -0.4 is 10.7 Å². The Morgan fingerprint density at radius 1 is 1.32 bits per heavy atom. The molecule has 0 heterocycles. The number of nitrogens with zero attached hydrogens (tertiary/aromatic N) is 1. The van der Waals surface area contributed by atoms with Crippen molar-refractivity contribution in [3.8, 4) is 0 Å². The number of esters is 1. The minimum Gasteiger partial charge on any atom is -0.465 e. The van der Waals surface area contributed by atoms with Crippen molar-refractivity contribution in [3.05, 3.63) is 35.4 Å². The highest BCUT2D eigenvalue weighted by molar-refractivity contribution is 7.80. The van der Waals surface area contributed by atoms with E-state index in [1.165, 1.54) is 26.4 Å². The molecule has 1 aliphatic carbocycles. The summed E-state index contributed by atoms with van der Waals surface area (Å²) in [4.78, 5) is 11.7. The number of hydrogen-bond donors (Lipinski definition) is 2. The SMILES string of the molecule is COC(=O)c1ccccc1/C=N/NC(=S)NC1CCCCC1. The van der Waals surface area contributed by atoms with E-state index in [4.69, 9.17) is 17.0 Å². The molecule has 1 aromatic carbocycles. The summed E-state index contributed by atoms with van der Waals surface area (Å²) < 4.78 is 4.75. The van der Waals surface area contributed by atoms with Gasteiger partial charge in [0, 0.05) is 11.6 Å². The number of thiocarbonyl (C=S) groups is 1. The van der Waals surface area contributed by atoms with Crippen molar-refractivity contribution in [2.75, 3.05) is 7.11 Å². The second kappa shape index (κ2) is 8.48. The molecule has 22 heavy (non-hydrogen) atoms. The summed E-state index contributed by atoms with van der Waals surface area (Å²) >= 11 is 5.23. The van der Waals surface area contributed by atoms with Crippen LogP contribution in [-0.2, 0) is 4.74 Å². The Labute approximate surface area is 136 Å². The van der Waals surface area contributed by atoms with Crippen molar-refractivity contribution in [2.24, 2.45) is 5.10 Å². The topological polar surface area (TPSA) is 62.7 Å². The fourth-order valence-electron chi connectivity index (χ4n) is 2.53. The van der Waals surface area contributed by atoms with Crippen molar-refractivity contribution in [1.29, 1.82) is 0 Å². The Kier molecular flexibility index (Phi) is 6.33. The predicted octanol–water partition coefficient (Wildman–Crippen LogP) is 2.60. The molecule has 2 rings (SSSR count). The summed E-state index contributed by atoms with van der Waals surface area (Å²) in [6, 6.07) is 7.56. The summed E-state index contributed by atoms with van der Waals surface area (Å²) in [6.45, 7) is 0. The maximum Gasteiger partial charge on any atom is 0.338 e. The van der Waals surface area contributed by atoms with Gasteiger partial charge in [-0.25, -0.2) is 4.79 Å². The van der Waals surface area contributed by atoms with Crippen LogP contribution >= 0.6 is 12.2 Å². The van der Waals surface area contributed by atoms with Crippen LogP contribution in [0.1, 0.15) is 48.0 Å². The Hall–Kier alpha value is -1.95. The van der Waals surface area contributed by atoms with E-state index in [2.05, 4.69) is 15.8 Å². The molecule has 0 saturated heterocycles. The molecule has 1 saturated carbocycles. The highest BCUT2D eigenvalue weighted by atomic mass is 32.1. The van der Waals surface area contributed by atoms with Crippen LogP contribution in [-0.4, -0.2) is 30.4 Å². The van der Waals surface area contributed by atoms with E-state index in [-0.39, 0.29) is 5.97 Å². The largest absolute Gasteiger partial charge is 0.465 e. The summed E-state index contributed by atoms with van der Waals surface area (Å²) in [7, 11) is 1.36. The van der Waals surface area contributed by atoms with Gasteiger partial charge >= 0.3 is 5.97 Å².